The molecule has 2 saturated heterocycles. The molecule has 0 saturated carbocycles. The van der Waals surface area contributed by atoms with Crippen molar-refractivity contribution < 1.29 is 105 Å². The van der Waals surface area contributed by atoms with Gasteiger partial charge in [-0.1, -0.05) is 30.3 Å². The van der Waals surface area contributed by atoms with Crippen LogP contribution in [-0.4, -0.2) is 148 Å². The first-order chi connectivity index (χ1) is 28.8. The Morgan fingerprint density at radius 2 is 0.967 bits per heavy atom. The zero-order chi connectivity index (χ0) is 45.4. The van der Waals surface area contributed by atoms with Gasteiger partial charge in [0.1, 0.15) is 25.4 Å². The van der Waals surface area contributed by atoms with Gasteiger partial charge < -0.3 is 66.9 Å². The third kappa shape index (κ3) is 15.9. The van der Waals surface area contributed by atoms with Crippen LogP contribution in [0.25, 0.3) is 0 Å². The minimum absolute atomic E-state index is 0.162. The van der Waals surface area contributed by atoms with Crippen LogP contribution >= 0.6 is 0 Å². The van der Waals surface area contributed by atoms with E-state index in [9.17, 15) is 43.2 Å². The smallest absolute Gasteiger partial charge is 0.408 e. The molecule has 338 valence electrons. The van der Waals surface area contributed by atoms with Crippen molar-refractivity contribution in [3.63, 3.8) is 0 Å². The predicted octanol–water partition coefficient (Wildman–Crippen LogP) is 0.0907. The van der Waals surface area contributed by atoms with E-state index in [1.165, 1.54) is 0 Å². The first-order valence-corrected chi connectivity index (χ1v) is 18.5. The summed E-state index contributed by atoms with van der Waals surface area (Å²) in [6.45, 7) is 4.92. The number of methoxy groups -OCH3 is 1. The molecule has 0 aliphatic carbocycles. The molecule has 11 unspecified atom stereocenters. The average molecular weight is 872 g/mol. The molecule has 2 fully saturated rings. The highest BCUT2D eigenvalue weighted by Crippen LogP contribution is 2.33. The highest BCUT2D eigenvalue weighted by molar-refractivity contribution is 5.81. The van der Waals surface area contributed by atoms with Crippen molar-refractivity contribution in [2.75, 3.05) is 26.9 Å². The number of carbonyl (C=O) groups is 9. The van der Waals surface area contributed by atoms with E-state index in [1.807, 2.05) is 0 Å². The maximum atomic E-state index is 12.8. The van der Waals surface area contributed by atoms with E-state index in [-0.39, 0.29) is 6.61 Å². The highest BCUT2D eigenvalue weighted by atomic mass is 16.8. The molecule has 1 aromatic rings. The Labute approximate surface area is 349 Å². The van der Waals surface area contributed by atoms with Crippen molar-refractivity contribution in [3.05, 3.63) is 35.9 Å². The Hall–Kier alpha value is -5.91. The monoisotopic (exact) mass is 871 g/mol. The maximum Gasteiger partial charge on any atom is 0.408 e. The number of rotatable bonds is 18. The fourth-order valence-electron chi connectivity index (χ4n) is 6.04. The van der Waals surface area contributed by atoms with Gasteiger partial charge in [-0.25, -0.2) is 9.59 Å². The first kappa shape index (κ1) is 49.5. The number of esters is 8. The summed E-state index contributed by atoms with van der Waals surface area (Å²) in [5.74, 6) is -7.33. The molecule has 0 spiro atoms. The van der Waals surface area contributed by atoms with Crippen molar-refractivity contribution in [2.45, 2.75) is 123 Å². The van der Waals surface area contributed by atoms with E-state index in [1.54, 1.807) is 30.3 Å². The molecular weight excluding hydrogens is 822 g/mol. The SMILES string of the molecule is COC(=O)C(COC1OC(COC2OC(COC(C)=O)C(OC(C)=O)C(OC(C)=O)C2OC(C)=O)C(OC(C)=O)C(OC(C)=O)C1OC(C)=O)NC(=O)OCc1ccccc1. The summed E-state index contributed by atoms with van der Waals surface area (Å²) in [5.41, 5.74) is 0.638. The third-order valence-corrected chi connectivity index (χ3v) is 8.29. The second-order valence-corrected chi connectivity index (χ2v) is 13.3. The van der Waals surface area contributed by atoms with Gasteiger partial charge in [0.25, 0.3) is 0 Å². The van der Waals surface area contributed by atoms with Crippen LogP contribution in [-0.2, 0) is 107 Å². The van der Waals surface area contributed by atoms with Gasteiger partial charge in [-0.3, -0.25) is 33.6 Å². The molecular formula is C38H49NO22. The molecule has 0 bridgehead atoms. The molecule has 2 heterocycles. The third-order valence-electron chi connectivity index (χ3n) is 8.29. The fraction of sp³-hybridized carbons (Fsp3) is 0.605. The minimum atomic E-state index is -1.79. The van der Waals surface area contributed by atoms with Crippen LogP contribution in [0.2, 0.25) is 0 Å². The number of hydrogen-bond donors (Lipinski definition) is 1. The van der Waals surface area contributed by atoms with Crippen LogP contribution in [0.15, 0.2) is 30.3 Å². The average Bonchev–Trinajstić information content (AvgIpc) is 3.17. The number of benzene rings is 1. The normalized spacial score (nSPS) is 26.2. The summed E-state index contributed by atoms with van der Waals surface area (Å²) in [6.07, 6.45) is -17.5. The van der Waals surface area contributed by atoms with E-state index in [0.717, 1.165) is 55.6 Å². The molecule has 23 heteroatoms. The van der Waals surface area contributed by atoms with Crippen LogP contribution in [0.1, 0.15) is 54.0 Å². The van der Waals surface area contributed by atoms with Crippen molar-refractivity contribution in [2.24, 2.45) is 0 Å². The number of ether oxygens (including phenoxy) is 13. The Kier molecular flexibility index (Phi) is 19.3. The maximum absolute atomic E-state index is 12.8. The van der Waals surface area contributed by atoms with Crippen LogP contribution in [0.4, 0.5) is 4.79 Å². The minimum Gasteiger partial charge on any atom is -0.467 e. The number of carbonyl (C=O) groups excluding carboxylic acids is 9. The van der Waals surface area contributed by atoms with Gasteiger partial charge in [-0.2, -0.15) is 0 Å². The Balaban J connectivity index is 2.01. The lowest BCUT2D eigenvalue weighted by molar-refractivity contribution is -0.335. The van der Waals surface area contributed by atoms with Gasteiger partial charge in [0.05, 0.1) is 20.3 Å². The number of amides is 1. The van der Waals surface area contributed by atoms with Gasteiger partial charge >= 0.3 is 53.8 Å². The number of hydrogen-bond acceptors (Lipinski definition) is 22. The van der Waals surface area contributed by atoms with E-state index >= 15 is 0 Å². The quantitative estimate of drug-likeness (QED) is 0.151. The summed E-state index contributed by atoms with van der Waals surface area (Å²) in [4.78, 5) is 111. The number of nitrogens with one attached hydrogen (secondary N) is 1. The summed E-state index contributed by atoms with van der Waals surface area (Å²) in [6, 6.07) is 7.04. The van der Waals surface area contributed by atoms with Gasteiger partial charge in [-0.15, -0.1) is 0 Å². The van der Waals surface area contributed by atoms with Crippen molar-refractivity contribution in [3.8, 4) is 0 Å². The Morgan fingerprint density at radius 3 is 1.41 bits per heavy atom. The van der Waals surface area contributed by atoms with Crippen LogP contribution < -0.4 is 5.32 Å². The van der Waals surface area contributed by atoms with Crippen molar-refractivity contribution in [1.82, 2.24) is 5.32 Å². The van der Waals surface area contributed by atoms with E-state index < -0.39 is 141 Å². The van der Waals surface area contributed by atoms with Crippen LogP contribution in [0, 0.1) is 0 Å². The number of alkyl carbamates (subject to hydrolysis) is 1. The largest absolute Gasteiger partial charge is 0.467 e. The summed E-state index contributed by atoms with van der Waals surface area (Å²) in [7, 11) is 1.03. The van der Waals surface area contributed by atoms with Gasteiger partial charge in [-0.05, 0) is 5.56 Å². The second kappa shape index (κ2) is 23.8. The molecule has 3 rings (SSSR count). The molecule has 1 N–H and O–H groups in total. The molecule has 23 nitrogen and oxygen atoms in total. The van der Waals surface area contributed by atoms with E-state index in [2.05, 4.69) is 5.32 Å². The standard InChI is InChI=1S/C38H49NO22/c1-18(40)50-16-27-29(54-19(2)41)31(56-21(4)43)34(59-24(7)46)37(60-27)52-17-28-30(55-20(3)42)32(57-22(5)44)33(58-23(6)45)36(61-28)51-15-26(35(47)49-8)39-38(48)53-14-25-12-10-9-11-13-25/h9-13,26-34,36-37H,14-17H2,1-8H3,(H,39,48). The Morgan fingerprint density at radius 1 is 0.541 bits per heavy atom. The predicted molar refractivity (Wildman–Crippen MR) is 195 cm³/mol. The first-order valence-electron chi connectivity index (χ1n) is 18.5. The lowest BCUT2D eigenvalue weighted by Gasteiger charge is -2.46. The molecule has 0 aromatic heterocycles. The zero-order valence-electron chi connectivity index (χ0n) is 34.5. The van der Waals surface area contributed by atoms with Gasteiger partial charge in [0.2, 0.25) is 0 Å². The van der Waals surface area contributed by atoms with Gasteiger partial charge in [0, 0.05) is 48.5 Å². The Bertz CT molecular complexity index is 1720. The summed E-state index contributed by atoms with van der Waals surface area (Å²) in [5, 5.41) is 2.31. The summed E-state index contributed by atoms with van der Waals surface area (Å²) < 4.78 is 71.7. The molecule has 0 radical (unpaired) electrons. The molecule has 11 atom stereocenters. The molecule has 2 aliphatic rings. The lowest BCUT2D eigenvalue weighted by atomic mass is 9.97. The summed E-state index contributed by atoms with van der Waals surface area (Å²) >= 11 is 0. The van der Waals surface area contributed by atoms with Crippen molar-refractivity contribution in [1.29, 1.82) is 0 Å². The lowest BCUT2D eigenvalue weighted by Crippen LogP contribution is -2.65. The molecule has 1 aromatic carbocycles. The fourth-order valence-corrected chi connectivity index (χ4v) is 6.04. The van der Waals surface area contributed by atoms with E-state index in [4.69, 9.17) is 61.6 Å². The zero-order valence-corrected chi connectivity index (χ0v) is 34.5. The van der Waals surface area contributed by atoms with E-state index in [0.29, 0.717) is 5.56 Å². The molecule has 1 amide bonds. The highest BCUT2D eigenvalue weighted by Gasteiger charge is 2.56. The second-order valence-electron chi connectivity index (χ2n) is 13.3. The van der Waals surface area contributed by atoms with Crippen LogP contribution in [0.5, 0.6) is 0 Å². The van der Waals surface area contributed by atoms with Crippen LogP contribution in [0.3, 0.4) is 0 Å². The van der Waals surface area contributed by atoms with Crippen molar-refractivity contribution >= 4 is 53.8 Å². The molecule has 2 aliphatic heterocycles. The topological polar surface area (TPSA) is 286 Å². The van der Waals surface area contributed by atoms with Gasteiger partial charge in [0.15, 0.2) is 55.2 Å². The molecule has 61 heavy (non-hydrogen) atoms.